The Morgan fingerprint density at radius 1 is 1.16 bits per heavy atom. The maximum atomic E-state index is 11.5. The van der Waals surface area contributed by atoms with Gasteiger partial charge in [0, 0.05) is 26.8 Å². The summed E-state index contributed by atoms with van der Waals surface area (Å²) in [4.78, 5) is 4.52. The van der Waals surface area contributed by atoms with Crippen LogP contribution in [0, 0.1) is 0 Å². The summed E-state index contributed by atoms with van der Waals surface area (Å²) in [6.45, 7) is 4.84. The standard InChI is InChI=1S/C16H28N4O3S.HI/c1-4-18-16(19-10-5-11-23-3)20-12-14-6-8-15(9-7-14)13-24(21,22)17-2;/h6-9,17H,4-5,10-13H2,1-3H3,(H2,18,19,20);1H. The van der Waals surface area contributed by atoms with Gasteiger partial charge in [0.05, 0.1) is 12.3 Å². The largest absolute Gasteiger partial charge is 0.385 e. The van der Waals surface area contributed by atoms with Crippen LogP contribution in [0.15, 0.2) is 29.3 Å². The Hall–Kier alpha value is -0.910. The molecule has 0 aliphatic carbocycles. The minimum absolute atomic E-state index is 0. The zero-order valence-corrected chi connectivity index (χ0v) is 18.2. The molecule has 0 radical (unpaired) electrons. The van der Waals surface area contributed by atoms with Gasteiger partial charge >= 0.3 is 0 Å². The molecule has 0 unspecified atom stereocenters. The number of benzene rings is 1. The van der Waals surface area contributed by atoms with Crippen molar-refractivity contribution in [1.82, 2.24) is 15.4 Å². The number of aliphatic imine (C=N–C) groups is 1. The highest BCUT2D eigenvalue weighted by molar-refractivity contribution is 14.0. The van der Waals surface area contributed by atoms with Crippen molar-refractivity contribution >= 4 is 40.0 Å². The summed E-state index contributed by atoms with van der Waals surface area (Å²) in [5, 5.41) is 6.44. The van der Waals surface area contributed by atoms with E-state index in [1.165, 1.54) is 7.05 Å². The van der Waals surface area contributed by atoms with Crippen LogP contribution in [0.25, 0.3) is 0 Å². The molecule has 0 bridgehead atoms. The highest BCUT2D eigenvalue weighted by Gasteiger charge is 2.08. The first-order valence-corrected chi connectivity index (χ1v) is 9.66. The summed E-state index contributed by atoms with van der Waals surface area (Å²) in [6, 6.07) is 7.44. The number of methoxy groups -OCH3 is 1. The van der Waals surface area contributed by atoms with Crippen molar-refractivity contribution in [1.29, 1.82) is 0 Å². The van der Waals surface area contributed by atoms with Gasteiger partial charge in [0.1, 0.15) is 0 Å². The predicted molar refractivity (Wildman–Crippen MR) is 113 cm³/mol. The number of ether oxygens (including phenoxy) is 1. The molecule has 1 aromatic rings. The summed E-state index contributed by atoms with van der Waals surface area (Å²) in [5.74, 6) is 0.743. The minimum Gasteiger partial charge on any atom is -0.385 e. The summed E-state index contributed by atoms with van der Waals surface area (Å²) < 4.78 is 30.4. The molecule has 0 heterocycles. The van der Waals surface area contributed by atoms with Crippen molar-refractivity contribution < 1.29 is 13.2 Å². The molecule has 0 fully saturated rings. The van der Waals surface area contributed by atoms with Crippen molar-refractivity contribution in [3.8, 4) is 0 Å². The van der Waals surface area contributed by atoms with Crippen molar-refractivity contribution in [2.75, 3.05) is 33.9 Å². The van der Waals surface area contributed by atoms with Gasteiger partial charge in [0.15, 0.2) is 5.96 Å². The molecule has 7 nitrogen and oxygen atoms in total. The lowest BCUT2D eigenvalue weighted by Gasteiger charge is -2.11. The SMILES string of the molecule is CCNC(=NCc1ccc(CS(=O)(=O)NC)cc1)NCCCOC.I. The van der Waals surface area contributed by atoms with E-state index in [1.807, 2.05) is 31.2 Å². The van der Waals surface area contributed by atoms with E-state index in [2.05, 4.69) is 20.3 Å². The van der Waals surface area contributed by atoms with Crippen LogP contribution < -0.4 is 15.4 Å². The van der Waals surface area contributed by atoms with Crippen LogP contribution in [0.5, 0.6) is 0 Å². The van der Waals surface area contributed by atoms with Crippen LogP contribution in [-0.2, 0) is 27.1 Å². The van der Waals surface area contributed by atoms with Gasteiger partial charge < -0.3 is 15.4 Å². The highest BCUT2D eigenvalue weighted by atomic mass is 127. The number of nitrogens with one attached hydrogen (secondary N) is 3. The Morgan fingerprint density at radius 3 is 2.36 bits per heavy atom. The zero-order chi connectivity index (χ0) is 17.8. The third-order valence-electron chi connectivity index (χ3n) is 3.27. The normalized spacial score (nSPS) is 11.7. The van der Waals surface area contributed by atoms with Crippen LogP contribution in [-0.4, -0.2) is 48.2 Å². The summed E-state index contributed by atoms with van der Waals surface area (Å²) >= 11 is 0. The molecule has 25 heavy (non-hydrogen) atoms. The third kappa shape index (κ3) is 10.6. The van der Waals surface area contributed by atoms with E-state index in [9.17, 15) is 8.42 Å². The Kier molecular flexibility index (Phi) is 12.8. The van der Waals surface area contributed by atoms with Crippen LogP contribution in [0.2, 0.25) is 0 Å². The van der Waals surface area contributed by atoms with Gasteiger partial charge in [-0.3, -0.25) is 0 Å². The van der Waals surface area contributed by atoms with E-state index >= 15 is 0 Å². The molecule has 0 spiro atoms. The third-order valence-corrected chi connectivity index (χ3v) is 4.61. The van der Waals surface area contributed by atoms with Crippen molar-refractivity contribution in [3.63, 3.8) is 0 Å². The van der Waals surface area contributed by atoms with E-state index in [0.717, 1.165) is 36.6 Å². The average Bonchev–Trinajstić information content (AvgIpc) is 2.57. The van der Waals surface area contributed by atoms with Gasteiger partial charge in [-0.05, 0) is 31.5 Å². The molecule has 1 rings (SSSR count). The predicted octanol–water partition coefficient (Wildman–Crippen LogP) is 1.45. The minimum atomic E-state index is -3.24. The number of hydrogen-bond donors (Lipinski definition) is 3. The van der Waals surface area contributed by atoms with E-state index in [0.29, 0.717) is 13.2 Å². The summed E-state index contributed by atoms with van der Waals surface area (Å²) in [7, 11) is -0.139. The first kappa shape index (κ1) is 24.1. The smallest absolute Gasteiger partial charge is 0.215 e. The number of hydrogen-bond acceptors (Lipinski definition) is 4. The second-order valence-electron chi connectivity index (χ2n) is 5.25. The fourth-order valence-electron chi connectivity index (χ4n) is 1.97. The molecule has 9 heteroatoms. The van der Waals surface area contributed by atoms with Gasteiger partial charge in [-0.25, -0.2) is 18.1 Å². The molecule has 3 N–H and O–H groups in total. The second-order valence-corrected chi connectivity index (χ2v) is 7.17. The Labute approximate surface area is 168 Å². The van der Waals surface area contributed by atoms with Gasteiger partial charge in [-0.1, -0.05) is 24.3 Å². The molecule has 0 atom stereocenters. The van der Waals surface area contributed by atoms with Crippen molar-refractivity contribution in [2.24, 2.45) is 4.99 Å². The second kappa shape index (κ2) is 13.3. The van der Waals surface area contributed by atoms with Crippen LogP contribution in [0.1, 0.15) is 24.5 Å². The van der Waals surface area contributed by atoms with Crippen LogP contribution in [0.4, 0.5) is 0 Å². The first-order valence-electron chi connectivity index (χ1n) is 8.01. The Balaban J connectivity index is 0.00000576. The molecular weight excluding hydrogens is 455 g/mol. The van der Waals surface area contributed by atoms with Gasteiger partial charge in [0.25, 0.3) is 0 Å². The van der Waals surface area contributed by atoms with Crippen LogP contribution in [0.3, 0.4) is 0 Å². The fourth-order valence-corrected chi connectivity index (χ4v) is 2.74. The molecule has 144 valence electrons. The zero-order valence-electron chi connectivity index (χ0n) is 15.0. The maximum absolute atomic E-state index is 11.5. The lowest BCUT2D eigenvalue weighted by Crippen LogP contribution is -2.38. The highest BCUT2D eigenvalue weighted by Crippen LogP contribution is 2.08. The van der Waals surface area contributed by atoms with Gasteiger partial charge in [0.2, 0.25) is 10.0 Å². The molecule has 1 aromatic carbocycles. The molecule has 0 saturated heterocycles. The Morgan fingerprint density at radius 2 is 1.80 bits per heavy atom. The number of guanidine groups is 1. The van der Waals surface area contributed by atoms with Crippen LogP contribution >= 0.6 is 24.0 Å². The average molecular weight is 484 g/mol. The Bertz CT molecular complexity index is 606. The summed E-state index contributed by atoms with van der Waals surface area (Å²) in [6.07, 6.45) is 0.912. The number of sulfonamides is 1. The van der Waals surface area contributed by atoms with E-state index in [4.69, 9.17) is 4.74 Å². The van der Waals surface area contributed by atoms with E-state index in [-0.39, 0.29) is 29.7 Å². The quantitative estimate of drug-likeness (QED) is 0.202. The molecule has 0 aliphatic heterocycles. The topological polar surface area (TPSA) is 91.8 Å². The lowest BCUT2D eigenvalue weighted by atomic mass is 10.1. The monoisotopic (exact) mass is 484 g/mol. The molecule has 0 amide bonds. The first-order chi connectivity index (χ1) is 11.5. The lowest BCUT2D eigenvalue weighted by molar-refractivity contribution is 0.195. The molecule has 0 aromatic heterocycles. The van der Waals surface area contributed by atoms with E-state index in [1.54, 1.807) is 7.11 Å². The number of nitrogens with zero attached hydrogens (tertiary/aromatic N) is 1. The molecule has 0 saturated carbocycles. The van der Waals surface area contributed by atoms with Crippen molar-refractivity contribution in [3.05, 3.63) is 35.4 Å². The fraction of sp³-hybridized carbons (Fsp3) is 0.562. The molecular formula is C16H29IN4O3S. The van der Waals surface area contributed by atoms with Gasteiger partial charge in [-0.15, -0.1) is 24.0 Å². The molecule has 0 aliphatic rings. The number of rotatable bonds is 10. The number of halogens is 1. The van der Waals surface area contributed by atoms with E-state index < -0.39 is 10.0 Å². The maximum Gasteiger partial charge on any atom is 0.215 e. The van der Waals surface area contributed by atoms with Gasteiger partial charge in [-0.2, -0.15) is 0 Å². The summed E-state index contributed by atoms with van der Waals surface area (Å²) in [5.41, 5.74) is 1.77. The van der Waals surface area contributed by atoms with Crippen molar-refractivity contribution in [2.45, 2.75) is 25.6 Å².